The molecule has 2 aromatic carbocycles. The molecule has 2 aliphatic heterocycles. The molecular formula is C21H24FN3O3. The van der Waals surface area contributed by atoms with Gasteiger partial charge in [0.25, 0.3) is 0 Å². The lowest BCUT2D eigenvalue weighted by molar-refractivity contribution is 0.135. The number of fused-ring (bicyclic) bond motifs is 1. The van der Waals surface area contributed by atoms with Crippen molar-refractivity contribution < 1.29 is 18.7 Å². The molecule has 2 aromatic rings. The van der Waals surface area contributed by atoms with Gasteiger partial charge in [-0.1, -0.05) is 18.2 Å². The zero-order valence-corrected chi connectivity index (χ0v) is 15.7. The van der Waals surface area contributed by atoms with Crippen molar-refractivity contribution >= 4 is 6.03 Å². The zero-order chi connectivity index (χ0) is 19.3. The van der Waals surface area contributed by atoms with Gasteiger partial charge in [0.1, 0.15) is 5.82 Å². The number of hydrogen-bond acceptors (Lipinski definition) is 4. The summed E-state index contributed by atoms with van der Waals surface area (Å²) in [6, 6.07) is 12.4. The summed E-state index contributed by atoms with van der Waals surface area (Å²) < 4.78 is 23.7. The molecule has 28 heavy (non-hydrogen) atoms. The van der Waals surface area contributed by atoms with Crippen molar-refractivity contribution in [3.8, 4) is 11.5 Å². The summed E-state index contributed by atoms with van der Waals surface area (Å²) in [6.07, 6.45) is 0.691. The van der Waals surface area contributed by atoms with Crippen molar-refractivity contribution in [2.75, 3.05) is 39.5 Å². The van der Waals surface area contributed by atoms with Crippen LogP contribution in [0.25, 0.3) is 0 Å². The highest BCUT2D eigenvalue weighted by Gasteiger charge is 2.21. The fraction of sp³-hybridized carbons (Fsp3) is 0.381. The highest BCUT2D eigenvalue weighted by molar-refractivity contribution is 5.74. The minimum atomic E-state index is -0.244. The van der Waals surface area contributed by atoms with Gasteiger partial charge in [0.15, 0.2) is 11.5 Å². The number of carbonyl (C=O) groups is 1. The Balaban J connectivity index is 1.19. The van der Waals surface area contributed by atoms with Crippen molar-refractivity contribution in [3.05, 3.63) is 59.4 Å². The lowest BCUT2D eigenvalue weighted by atomic mass is 10.1. The van der Waals surface area contributed by atoms with Gasteiger partial charge in [0, 0.05) is 39.3 Å². The molecule has 0 bridgehead atoms. The number of halogens is 1. The summed E-state index contributed by atoms with van der Waals surface area (Å²) in [6.45, 7) is 4.73. The predicted molar refractivity (Wildman–Crippen MR) is 103 cm³/mol. The third kappa shape index (κ3) is 4.54. The van der Waals surface area contributed by atoms with E-state index in [-0.39, 0.29) is 18.6 Å². The number of rotatable bonds is 5. The van der Waals surface area contributed by atoms with Crippen LogP contribution in [0.15, 0.2) is 42.5 Å². The molecule has 0 spiro atoms. The van der Waals surface area contributed by atoms with Gasteiger partial charge >= 0.3 is 6.03 Å². The molecule has 7 heteroatoms. The van der Waals surface area contributed by atoms with Crippen LogP contribution in [0.4, 0.5) is 9.18 Å². The number of benzene rings is 2. The number of hydrogen-bond donors (Lipinski definition) is 1. The zero-order valence-electron chi connectivity index (χ0n) is 15.7. The maximum absolute atomic E-state index is 12.9. The Morgan fingerprint density at radius 3 is 2.46 bits per heavy atom. The first-order valence-corrected chi connectivity index (χ1v) is 9.55. The standard InChI is InChI=1S/C21H24FN3O3/c22-18-4-1-16(2-5-18)7-8-23-21(26)25-11-9-24(10-12-25)14-17-3-6-19-20(13-17)28-15-27-19/h1-6,13H,7-12,14-15H2,(H,23,26). The molecule has 2 amide bonds. The summed E-state index contributed by atoms with van der Waals surface area (Å²) in [4.78, 5) is 16.5. The second kappa shape index (κ2) is 8.48. The molecule has 2 aliphatic rings. The Morgan fingerprint density at radius 2 is 1.68 bits per heavy atom. The molecule has 6 nitrogen and oxygen atoms in total. The molecule has 1 N–H and O–H groups in total. The average molecular weight is 385 g/mol. The molecule has 2 heterocycles. The first-order chi connectivity index (χ1) is 13.7. The summed E-state index contributed by atoms with van der Waals surface area (Å²) in [5, 5.41) is 2.95. The smallest absolute Gasteiger partial charge is 0.317 e. The van der Waals surface area contributed by atoms with Crippen LogP contribution in [0.5, 0.6) is 11.5 Å². The van der Waals surface area contributed by atoms with Crippen LogP contribution >= 0.6 is 0 Å². The van der Waals surface area contributed by atoms with Gasteiger partial charge in [0.2, 0.25) is 6.79 Å². The summed E-state index contributed by atoms with van der Waals surface area (Å²) in [5.74, 6) is 1.36. The number of piperazine rings is 1. The van der Waals surface area contributed by atoms with E-state index in [1.54, 1.807) is 12.1 Å². The molecule has 148 valence electrons. The van der Waals surface area contributed by atoms with Crippen LogP contribution in [0.2, 0.25) is 0 Å². The second-order valence-electron chi connectivity index (χ2n) is 7.06. The molecule has 1 fully saturated rings. The van der Waals surface area contributed by atoms with Crippen LogP contribution in [0, 0.1) is 5.82 Å². The predicted octanol–water partition coefficient (Wildman–Crippen LogP) is 2.62. The number of nitrogens with one attached hydrogen (secondary N) is 1. The average Bonchev–Trinajstić information content (AvgIpc) is 3.18. The van der Waals surface area contributed by atoms with E-state index in [1.165, 1.54) is 17.7 Å². The topological polar surface area (TPSA) is 54.0 Å². The van der Waals surface area contributed by atoms with Crippen molar-refractivity contribution in [3.63, 3.8) is 0 Å². The maximum Gasteiger partial charge on any atom is 0.317 e. The van der Waals surface area contributed by atoms with Crippen molar-refractivity contribution in [1.82, 2.24) is 15.1 Å². The Hall–Kier alpha value is -2.80. The van der Waals surface area contributed by atoms with E-state index >= 15 is 0 Å². The van der Waals surface area contributed by atoms with E-state index in [0.717, 1.165) is 36.7 Å². The van der Waals surface area contributed by atoms with Gasteiger partial charge in [-0.05, 0) is 41.8 Å². The van der Waals surface area contributed by atoms with E-state index in [9.17, 15) is 9.18 Å². The fourth-order valence-electron chi connectivity index (χ4n) is 3.48. The molecule has 0 atom stereocenters. The second-order valence-corrected chi connectivity index (χ2v) is 7.06. The third-order valence-electron chi connectivity index (χ3n) is 5.11. The lowest BCUT2D eigenvalue weighted by Gasteiger charge is -2.34. The Kier molecular flexibility index (Phi) is 5.62. The van der Waals surface area contributed by atoms with E-state index < -0.39 is 0 Å². The number of ether oxygens (including phenoxy) is 2. The quantitative estimate of drug-likeness (QED) is 0.860. The largest absolute Gasteiger partial charge is 0.454 e. The van der Waals surface area contributed by atoms with Crippen LogP contribution in [0.3, 0.4) is 0 Å². The van der Waals surface area contributed by atoms with E-state index in [0.29, 0.717) is 26.1 Å². The normalized spacial score (nSPS) is 16.2. The molecule has 0 aliphatic carbocycles. The van der Waals surface area contributed by atoms with Gasteiger partial charge in [-0.25, -0.2) is 9.18 Å². The number of carbonyl (C=O) groups excluding carboxylic acids is 1. The monoisotopic (exact) mass is 385 g/mol. The number of urea groups is 1. The van der Waals surface area contributed by atoms with Crippen molar-refractivity contribution in [2.24, 2.45) is 0 Å². The first-order valence-electron chi connectivity index (χ1n) is 9.55. The van der Waals surface area contributed by atoms with Gasteiger partial charge in [0.05, 0.1) is 0 Å². The fourth-order valence-corrected chi connectivity index (χ4v) is 3.48. The van der Waals surface area contributed by atoms with Crippen LogP contribution in [-0.2, 0) is 13.0 Å². The third-order valence-corrected chi connectivity index (χ3v) is 5.11. The highest BCUT2D eigenvalue weighted by Crippen LogP contribution is 2.32. The van der Waals surface area contributed by atoms with Gasteiger partial charge in [-0.15, -0.1) is 0 Å². The molecule has 4 rings (SSSR count). The molecule has 0 saturated carbocycles. The first kappa shape index (κ1) is 18.6. The number of amides is 2. The van der Waals surface area contributed by atoms with Gasteiger partial charge in [-0.2, -0.15) is 0 Å². The molecule has 0 unspecified atom stereocenters. The molecular weight excluding hydrogens is 361 g/mol. The summed E-state index contributed by atoms with van der Waals surface area (Å²) >= 11 is 0. The molecule has 1 saturated heterocycles. The van der Waals surface area contributed by atoms with Crippen LogP contribution in [0.1, 0.15) is 11.1 Å². The Bertz CT molecular complexity index is 820. The van der Waals surface area contributed by atoms with Gasteiger partial charge < -0.3 is 19.7 Å². The summed E-state index contributed by atoms with van der Waals surface area (Å²) in [7, 11) is 0. The molecule has 0 radical (unpaired) electrons. The van der Waals surface area contributed by atoms with E-state index in [2.05, 4.69) is 16.3 Å². The molecule has 0 aromatic heterocycles. The van der Waals surface area contributed by atoms with E-state index in [4.69, 9.17) is 9.47 Å². The highest BCUT2D eigenvalue weighted by atomic mass is 19.1. The maximum atomic E-state index is 12.9. The van der Waals surface area contributed by atoms with E-state index in [1.807, 2.05) is 17.0 Å². The lowest BCUT2D eigenvalue weighted by Crippen LogP contribution is -2.51. The summed E-state index contributed by atoms with van der Waals surface area (Å²) in [5.41, 5.74) is 2.19. The minimum Gasteiger partial charge on any atom is -0.454 e. The van der Waals surface area contributed by atoms with Crippen molar-refractivity contribution in [2.45, 2.75) is 13.0 Å². The van der Waals surface area contributed by atoms with Crippen molar-refractivity contribution in [1.29, 1.82) is 0 Å². The minimum absolute atomic E-state index is 0.0372. The Morgan fingerprint density at radius 1 is 0.964 bits per heavy atom. The Labute approximate surface area is 163 Å². The SMILES string of the molecule is O=C(NCCc1ccc(F)cc1)N1CCN(Cc2ccc3c(c2)OCO3)CC1. The van der Waals surface area contributed by atoms with Crippen LogP contribution in [-0.4, -0.2) is 55.3 Å². The van der Waals surface area contributed by atoms with Crippen LogP contribution < -0.4 is 14.8 Å². The van der Waals surface area contributed by atoms with Gasteiger partial charge in [-0.3, -0.25) is 4.90 Å². The number of nitrogens with zero attached hydrogens (tertiary/aromatic N) is 2.